The van der Waals surface area contributed by atoms with Crippen LogP contribution in [0.3, 0.4) is 0 Å². The van der Waals surface area contributed by atoms with Crippen molar-refractivity contribution in [2.75, 3.05) is 0 Å². The Kier molecular flexibility index (Phi) is 7.25. The van der Waals surface area contributed by atoms with Crippen LogP contribution in [0.25, 0.3) is 16.9 Å². The van der Waals surface area contributed by atoms with Crippen molar-refractivity contribution in [3.63, 3.8) is 0 Å². The molecule has 0 bridgehead atoms. The summed E-state index contributed by atoms with van der Waals surface area (Å²) in [6.45, 7) is 0. The number of hydrogen-bond donors (Lipinski definition) is 1. The van der Waals surface area contributed by atoms with E-state index in [2.05, 4.69) is 20.3 Å². The number of carbonyl (C=O) groups is 1. The summed E-state index contributed by atoms with van der Waals surface area (Å²) in [5, 5.41) is 9.40. The van der Waals surface area contributed by atoms with Gasteiger partial charge in [-0.25, -0.2) is 13.8 Å². The fourth-order valence-corrected chi connectivity index (χ4v) is 3.86. The van der Waals surface area contributed by atoms with Crippen LogP contribution >= 0.6 is 23.2 Å². The molecule has 39 heavy (non-hydrogen) atoms. The number of nitrogens with zero attached hydrogens (tertiary/aromatic N) is 4. The molecule has 7 nitrogen and oxygen atoms in total. The van der Waals surface area contributed by atoms with Crippen LogP contribution in [0.1, 0.15) is 28.8 Å². The molecule has 0 radical (unpaired) electrons. The minimum absolute atomic E-state index is 0.0290. The first-order valence-corrected chi connectivity index (χ1v) is 11.4. The molecule has 1 amide bonds. The van der Waals surface area contributed by atoms with E-state index in [1.165, 1.54) is 12.1 Å². The molecule has 2 aromatic heterocycles. The van der Waals surface area contributed by atoms with Crippen molar-refractivity contribution in [1.29, 1.82) is 0 Å². The third-order valence-electron chi connectivity index (χ3n) is 5.40. The highest BCUT2D eigenvalue weighted by Crippen LogP contribution is 2.44. The summed E-state index contributed by atoms with van der Waals surface area (Å²) in [4.78, 5) is 12.5. The van der Waals surface area contributed by atoms with E-state index in [9.17, 15) is 44.3 Å². The molecular formula is C21H14Cl2F9N5O2. The minimum Gasteiger partial charge on any atom is -0.410 e. The Morgan fingerprint density at radius 1 is 1.10 bits per heavy atom. The summed E-state index contributed by atoms with van der Waals surface area (Å²) in [5.74, 6) is -3.60. The zero-order valence-corrected chi connectivity index (χ0v) is 20.7. The molecule has 1 unspecified atom stereocenters. The molecular weight excluding hydrogens is 596 g/mol. The number of carbonyl (C=O) groups excluding carboxylic acids is 1. The predicted octanol–water partition coefficient (Wildman–Crippen LogP) is 6.36. The second kappa shape index (κ2) is 9.80. The van der Waals surface area contributed by atoms with Crippen LogP contribution in [0.15, 0.2) is 24.5 Å². The van der Waals surface area contributed by atoms with E-state index in [1.807, 2.05) is 0 Å². The van der Waals surface area contributed by atoms with Crippen molar-refractivity contribution >= 4 is 29.1 Å². The van der Waals surface area contributed by atoms with E-state index in [0.29, 0.717) is 9.36 Å². The summed E-state index contributed by atoms with van der Waals surface area (Å²) >= 11 is 12.2. The van der Waals surface area contributed by atoms with Gasteiger partial charge in [-0.15, -0.1) is 5.10 Å². The van der Waals surface area contributed by atoms with Crippen LogP contribution in [-0.4, -0.2) is 50.0 Å². The van der Waals surface area contributed by atoms with Crippen LogP contribution in [-0.2, 0) is 13.2 Å². The van der Waals surface area contributed by atoms with Crippen LogP contribution in [0.4, 0.5) is 39.5 Å². The number of ether oxygens (including phenoxy) is 1. The number of halogens is 11. The molecule has 1 aromatic carbocycles. The quantitative estimate of drug-likeness (QED) is 0.316. The average Bonchev–Trinajstić information content (AvgIpc) is 3.36. The van der Waals surface area contributed by atoms with E-state index >= 15 is 0 Å². The van der Waals surface area contributed by atoms with Crippen LogP contribution < -0.4 is 10.1 Å². The van der Waals surface area contributed by atoms with Gasteiger partial charge in [0.2, 0.25) is 0 Å². The topological polar surface area (TPSA) is 74.0 Å². The standard InChI is InChI=1S/C21H14Cl2F9N5O2/c1-36-17(13(19(25,26)27)16(35-36)39-21(31,32)18(24)20(28,29)30)37-7-9(6-33-37)8-4-11(14(23)12(22)5-8)15(38)34-10-2-3-10/h4-7,10,18H,2-3H2,1H3,(H,34,38). The van der Waals surface area contributed by atoms with Gasteiger partial charge in [-0.2, -0.15) is 40.2 Å². The van der Waals surface area contributed by atoms with Gasteiger partial charge in [-0.1, -0.05) is 23.2 Å². The molecule has 18 heteroatoms. The first kappa shape index (κ1) is 28.9. The van der Waals surface area contributed by atoms with Crippen molar-refractivity contribution < 1.29 is 49.0 Å². The number of benzene rings is 1. The molecule has 1 atom stereocenters. The lowest BCUT2D eigenvalue weighted by Gasteiger charge is -2.22. The smallest absolute Gasteiger partial charge is 0.410 e. The van der Waals surface area contributed by atoms with Gasteiger partial charge >= 0.3 is 18.5 Å². The molecule has 2 heterocycles. The Labute approximate surface area is 222 Å². The molecule has 212 valence electrons. The number of alkyl halides is 9. The first-order chi connectivity index (χ1) is 17.9. The monoisotopic (exact) mass is 609 g/mol. The lowest BCUT2D eigenvalue weighted by Crippen LogP contribution is -2.46. The zero-order valence-electron chi connectivity index (χ0n) is 19.1. The van der Waals surface area contributed by atoms with Crippen LogP contribution in [0, 0.1) is 0 Å². The van der Waals surface area contributed by atoms with E-state index in [-0.39, 0.29) is 32.8 Å². The van der Waals surface area contributed by atoms with E-state index in [0.717, 1.165) is 32.3 Å². The number of hydrogen-bond acceptors (Lipinski definition) is 4. The molecule has 1 fully saturated rings. The normalized spacial score (nSPS) is 15.4. The maximum Gasteiger partial charge on any atom is 0.440 e. The fraction of sp³-hybridized carbons (Fsp3) is 0.381. The van der Waals surface area contributed by atoms with E-state index in [4.69, 9.17) is 23.2 Å². The predicted molar refractivity (Wildman–Crippen MR) is 118 cm³/mol. The maximum atomic E-state index is 13.9. The second-order valence-corrected chi connectivity index (χ2v) is 9.22. The van der Waals surface area contributed by atoms with Gasteiger partial charge < -0.3 is 10.1 Å². The molecule has 0 saturated heterocycles. The number of amides is 1. The molecule has 1 aliphatic rings. The molecule has 1 aliphatic carbocycles. The molecule has 1 saturated carbocycles. The van der Waals surface area contributed by atoms with Gasteiger partial charge in [-0.05, 0) is 30.5 Å². The second-order valence-electron chi connectivity index (χ2n) is 8.43. The van der Waals surface area contributed by atoms with Crippen LogP contribution in [0.5, 0.6) is 5.88 Å². The van der Waals surface area contributed by atoms with Crippen molar-refractivity contribution in [2.45, 2.75) is 43.5 Å². The third kappa shape index (κ3) is 5.90. The lowest BCUT2D eigenvalue weighted by molar-refractivity contribution is -0.306. The van der Waals surface area contributed by atoms with Crippen molar-refractivity contribution in [3.8, 4) is 22.8 Å². The average molecular weight is 610 g/mol. The molecule has 4 rings (SSSR count). The molecule has 1 N–H and O–H groups in total. The number of rotatable bonds is 7. The van der Waals surface area contributed by atoms with E-state index in [1.54, 1.807) is 0 Å². The maximum absolute atomic E-state index is 13.9. The van der Waals surface area contributed by atoms with E-state index < -0.39 is 47.8 Å². The highest BCUT2D eigenvalue weighted by molar-refractivity contribution is 6.44. The van der Waals surface area contributed by atoms with Gasteiger partial charge in [0.15, 0.2) is 11.4 Å². The molecule has 3 aromatic rings. The number of aryl methyl sites for hydroxylation is 1. The Hall–Kier alpha value is -3.14. The molecule has 0 aliphatic heterocycles. The summed E-state index contributed by atoms with van der Waals surface area (Å²) in [6, 6.07) is 2.56. The highest BCUT2D eigenvalue weighted by Gasteiger charge is 2.60. The Morgan fingerprint density at radius 3 is 2.31 bits per heavy atom. The summed E-state index contributed by atoms with van der Waals surface area (Å²) in [7, 11) is 0.840. The van der Waals surface area contributed by atoms with Gasteiger partial charge in [-0.3, -0.25) is 4.79 Å². The largest absolute Gasteiger partial charge is 0.440 e. The lowest BCUT2D eigenvalue weighted by atomic mass is 10.1. The summed E-state index contributed by atoms with van der Waals surface area (Å²) in [5.41, 5.74) is -1.82. The van der Waals surface area contributed by atoms with Crippen molar-refractivity contribution in [2.24, 2.45) is 7.05 Å². The summed E-state index contributed by atoms with van der Waals surface area (Å²) < 4.78 is 124. The highest BCUT2D eigenvalue weighted by atomic mass is 35.5. The number of nitrogens with one attached hydrogen (secondary N) is 1. The Morgan fingerprint density at radius 2 is 1.74 bits per heavy atom. The fourth-order valence-electron chi connectivity index (χ4n) is 3.44. The van der Waals surface area contributed by atoms with Gasteiger partial charge in [0.25, 0.3) is 18.0 Å². The minimum atomic E-state index is -6.13. The van der Waals surface area contributed by atoms with Gasteiger partial charge in [0, 0.05) is 24.8 Å². The zero-order chi connectivity index (χ0) is 29.1. The van der Waals surface area contributed by atoms with Crippen molar-refractivity contribution in [1.82, 2.24) is 24.9 Å². The van der Waals surface area contributed by atoms with Crippen LogP contribution in [0.2, 0.25) is 10.0 Å². The number of aromatic nitrogens is 4. The third-order valence-corrected chi connectivity index (χ3v) is 6.20. The Balaban J connectivity index is 1.75. The first-order valence-electron chi connectivity index (χ1n) is 10.7. The van der Waals surface area contributed by atoms with Crippen molar-refractivity contribution in [3.05, 3.63) is 45.7 Å². The summed E-state index contributed by atoms with van der Waals surface area (Å²) in [6.07, 6.45) is -18.8. The molecule has 0 spiro atoms. The SMILES string of the molecule is Cn1nc(OC(F)(F)C(F)C(F)(F)F)c(C(F)(F)F)c1-n1cc(-c2cc(Cl)c(Cl)c(C(=O)NC3CC3)c2)cn1. The Bertz CT molecular complexity index is 1410. The van der Waals surface area contributed by atoms with Gasteiger partial charge in [0.1, 0.15) is 0 Å². The van der Waals surface area contributed by atoms with Gasteiger partial charge in [0.05, 0.1) is 21.8 Å².